The van der Waals surface area contributed by atoms with Crippen molar-refractivity contribution in [2.45, 2.75) is 37.3 Å². The zero-order valence-corrected chi connectivity index (χ0v) is 12.9. The summed E-state index contributed by atoms with van der Waals surface area (Å²) in [4.78, 5) is 20.8. The zero-order chi connectivity index (χ0) is 14.6. The Morgan fingerprint density at radius 2 is 2.19 bits per heavy atom. The molecule has 1 aromatic heterocycles. The highest BCUT2D eigenvalue weighted by Crippen LogP contribution is 2.51. The second-order valence-electron chi connectivity index (χ2n) is 6.14. The Balaban J connectivity index is 1.99. The average Bonchev–Trinajstić information content (AvgIpc) is 2.86. The van der Waals surface area contributed by atoms with Gasteiger partial charge in [0.05, 0.1) is 17.3 Å². The van der Waals surface area contributed by atoms with Crippen LogP contribution < -0.4 is 5.56 Å². The van der Waals surface area contributed by atoms with Gasteiger partial charge in [0.15, 0.2) is 4.77 Å². The number of hydrogen-bond acceptors (Lipinski definition) is 4. The Bertz CT molecular complexity index is 735. The van der Waals surface area contributed by atoms with Gasteiger partial charge in [0.25, 0.3) is 5.56 Å². The van der Waals surface area contributed by atoms with Crippen molar-refractivity contribution in [2.24, 2.45) is 0 Å². The van der Waals surface area contributed by atoms with Crippen molar-refractivity contribution in [1.29, 1.82) is 0 Å². The molecule has 2 aliphatic heterocycles. The number of rotatable bonds is 1. The van der Waals surface area contributed by atoms with Crippen molar-refractivity contribution in [3.63, 3.8) is 0 Å². The Labute approximate surface area is 128 Å². The summed E-state index contributed by atoms with van der Waals surface area (Å²) in [5, 5.41) is 0. The molecule has 3 aliphatic rings. The second kappa shape index (κ2) is 4.63. The molecule has 112 valence electrons. The third-order valence-corrected chi connectivity index (χ3v) is 5.50. The summed E-state index contributed by atoms with van der Waals surface area (Å²) in [6.07, 6.45) is 6.22. The van der Waals surface area contributed by atoms with E-state index in [0.29, 0.717) is 4.77 Å². The van der Waals surface area contributed by atoms with E-state index in [1.54, 1.807) is 7.11 Å². The first-order valence-electron chi connectivity index (χ1n) is 7.48. The molecule has 1 saturated heterocycles. The van der Waals surface area contributed by atoms with Gasteiger partial charge in [0, 0.05) is 32.2 Å². The smallest absolute Gasteiger partial charge is 0.255 e. The van der Waals surface area contributed by atoms with Crippen molar-refractivity contribution in [3.8, 4) is 0 Å². The lowest BCUT2D eigenvalue weighted by Crippen LogP contribution is -2.52. The molecule has 2 atom stereocenters. The Kier molecular flexibility index (Phi) is 2.96. The molecule has 0 amide bonds. The Morgan fingerprint density at radius 1 is 1.38 bits per heavy atom. The highest BCUT2D eigenvalue weighted by molar-refractivity contribution is 7.71. The molecule has 1 spiro atoms. The van der Waals surface area contributed by atoms with Crippen LogP contribution >= 0.6 is 12.2 Å². The lowest BCUT2D eigenvalue weighted by Gasteiger charge is -2.47. The molecule has 3 heterocycles. The summed E-state index contributed by atoms with van der Waals surface area (Å²) >= 11 is 5.21. The SMILES string of the molecule is CO[C@H]1CC=C2CCN3CCc4c([nH]c(=S)[nH]c4=O)[C@]23C1. The van der Waals surface area contributed by atoms with E-state index in [1.807, 2.05) is 0 Å². The first-order chi connectivity index (χ1) is 10.1. The predicted molar refractivity (Wildman–Crippen MR) is 81.9 cm³/mol. The van der Waals surface area contributed by atoms with Crippen LogP contribution in [-0.4, -0.2) is 41.2 Å². The maximum absolute atomic E-state index is 12.3. The standard InChI is InChI=1S/C15H19N3O2S/c1-20-10-3-2-9-4-6-18-7-5-11-12(15(9,18)8-10)16-14(21)17-13(11)19/h2,10H,3-8H2,1H3,(H2,16,17,19,21)/t10-,15-/m0/s1. The van der Waals surface area contributed by atoms with Gasteiger partial charge in [0.1, 0.15) is 0 Å². The Morgan fingerprint density at radius 3 is 3.00 bits per heavy atom. The average molecular weight is 305 g/mol. The molecule has 1 aromatic rings. The molecule has 0 radical (unpaired) electrons. The number of ether oxygens (including phenoxy) is 1. The molecule has 0 saturated carbocycles. The molecule has 1 fully saturated rings. The zero-order valence-electron chi connectivity index (χ0n) is 12.1. The van der Waals surface area contributed by atoms with Crippen LogP contribution in [0.4, 0.5) is 0 Å². The van der Waals surface area contributed by atoms with E-state index in [1.165, 1.54) is 5.57 Å². The van der Waals surface area contributed by atoms with E-state index in [4.69, 9.17) is 17.0 Å². The van der Waals surface area contributed by atoms with Gasteiger partial charge >= 0.3 is 0 Å². The summed E-state index contributed by atoms with van der Waals surface area (Å²) in [5.41, 5.74) is 3.06. The fourth-order valence-corrected chi connectivity index (χ4v) is 4.52. The van der Waals surface area contributed by atoms with Gasteiger partial charge in [-0.2, -0.15) is 0 Å². The molecule has 0 bridgehead atoms. The van der Waals surface area contributed by atoms with Crippen LogP contribution in [0.3, 0.4) is 0 Å². The largest absolute Gasteiger partial charge is 0.381 e. The van der Waals surface area contributed by atoms with Crippen LogP contribution in [0, 0.1) is 4.77 Å². The number of aromatic nitrogens is 2. The van der Waals surface area contributed by atoms with E-state index in [0.717, 1.165) is 50.0 Å². The summed E-state index contributed by atoms with van der Waals surface area (Å²) in [6.45, 7) is 1.98. The van der Waals surface area contributed by atoms with Crippen LogP contribution in [0.1, 0.15) is 30.5 Å². The van der Waals surface area contributed by atoms with Crippen molar-refractivity contribution < 1.29 is 4.74 Å². The lowest BCUT2D eigenvalue weighted by atomic mass is 9.73. The van der Waals surface area contributed by atoms with Gasteiger partial charge in [0.2, 0.25) is 0 Å². The monoisotopic (exact) mass is 305 g/mol. The molecule has 0 aromatic carbocycles. The van der Waals surface area contributed by atoms with E-state index in [2.05, 4.69) is 20.9 Å². The third-order valence-electron chi connectivity index (χ3n) is 5.29. The summed E-state index contributed by atoms with van der Waals surface area (Å²) in [6, 6.07) is 0. The molecule has 21 heavy (non-hydrogen) atoms. The van der Waals surface area contributed by atoms with Gasteiger partial charge in [-0.3, -0.25) is 14.7 Å². The molecular formula is C15H19N3O2S. The summed E-state index contributed by atoms with van der Waals surface area (Å²) < 4.78 is 6.04. The molecule has 4 rings (SSSR count). The number of hydrogen-bond donors (Lipinski definition) is 2. The number of H-pyrrole nitrogens is 2. The minimum absolute atomic E-state index is 0.0337. The Hall–Kier alpha value is -1.24. The maximum atomic E-state index is 12.3. The first-order valence-corrected chi connectivity index (χ1v) is 7.89. The number of methoxy groups -OCH3 is 1. The van der Waals surface area contributed by atoms with Crippen LogP contribution in [0.15, 0.2) is 16.4 Å². The molecular weight excluding hydrogens is 286 g/mol. The fourth-order valence-electron chi connectivity index (χ4n) is 4.33. The maximum Gasteiger partial charge on any atom is 0.255 e. The van der Waals surface area contributed by atoms with Crippen LogP contribution in [0.5, 0.6) is 0 Å². The lowest BCUT2D eigenvalue weighted by molar-refractivity contribution is 0.0267. The predicted octanol–water partition coefficient (Wildman–Crippen LogP) is 1.62. The summed E-state index contributed by atoms with van der Waals surface area (Å²) in [7, 11) is 1.77. The van der Waals surface area contributed by atoms with E-state index < -0.39 is 0 Å². The third kappa shape index (κ3) is 1.76. The van der Waals surface area contributed by atoms with Crippen LogP contribution in [0.25, 0.3) is 0 Å². The minimum Gasteiger partial charge on any atom is -0.381 e. The highest BCUT2D eigenvalue weighted by Gasteiger charge is 2.52. The quantitative estimate of drug-likeness (QED) is 0.611. The molecule has 5 nitrogen and oxygen atoms in total. The normalized spacial score (nSPS) is 31.3. The van der Waals surface area contributed by atoms with E-state index in [9.17, 15) is 4.79 Å². The summed E-state index contributed by atoms with van der Waals surface area (Å²) in [5.74, 6) is 0. The second-order valence-corrected chi connectivity index (χ2v) is 6.54. The molecule has 0 unspecified atom stereocenters. The number of nitrogens with one attached hydrogen (secondary N) is 2. The number of aromatic amines is 2. The molecule has 1 aliphatic carbocycles. The number of nitrogens with zero attached hydrogens (tertiary/aromatic N) is 1. The van der Waals surface area contributed by atoms with Gasteiger partial charge in [-0.25, -0.2) is 0 Å². The topological polar surface area (TPSA) is 61.1 Å². The minimum atomic E-state index is -0.200. The van der Waals surface area contributed by atoms with E-state index >= 15 is 0 Å². The van der Waals surface area contributed by atoms with Crippen LogP contribution in [0.2, 0.25) is 0 Å². The number of fused-ring (bicyclic) bond motifs is 1. The van der Waals surface area contributed by atoms with Gasteiger partial charge in [-0.05, 0) is 37.1 Å². The molecule has 2 N–H and O–H groups in total. The van der Waals surface area contributed by atoms with Crippen LogP contribution in [-0.2, 0) is 16.7 Å². The van der Waals surface area contributed by atoms with Crippen molar-refractivity contribution in [2.75, 3.05) is 20.2 Å². The first kappa shape index (κ1) is 13.4. The highest BCUT2D eigenvalue weighted by atomic mass is 32.1. The van der Waals surface area contributed by atoms with E-state index in [-0.39, 0.29) is 17.2 Å². The van der Waals surface area contributed by atoms with Crippen molar-refractivity contribution in [1.82, 2.24) is 14.9 Å². The molecule has 6 heteroatoms. The van der Waals surface area contributed by atoms with Gasteiger partial charge < -0.3 is 9.72 Å². The van der Waals surface area contributed by atoms with Gasteiger partial charge in [-0.15, -0.1) is 0 Å². The van der Waals surface area contributed by atoms with Gasteiger partial charge in [-0.1, -0.05) is 6.08 Å². The van der Waals surface area contributed by atoms with Crippen molar-refractivity contribution >= 4 is 12.2 Å². The van der Waals surface area contributed by atoms with Crippen molar-refractivity contribution in [3.05, 3.63) is 38.0 Å². The fraction of sp³-hybridized carbons (Fsp3) is 0.600.